The Labute approximate surface area is 123 Å². The average molecular weight is 285 g/mol. The smallest absolute Gasteiger partial charge is 0.407 e. The lowest BCUT2D eigenvalue weighted by atomic mass is 10.0. The summed E-state index contributed by atoms with van der Waals surface area (Å²) in [6.45, 7) is 15.0. The fourth-order valence-electron chi connectivity index (χ4n) is 2.44. The molecule has 0 aromatic carbocycles. The van der Waals surface area contributed by atoms with Gasteiger partial charge in [0, 0.05) is 38.8 Å². The Morgan fingerprint density at radius 3 is 2.20 bits per heavy atom. The maximum Gasteiger partial charge on any atom is 0.407 e. The average Bonchev–Trinajstić information content (AvgIpc) is 2.29. The van der Waals surface area contributed by atoms with Gasteiger partial charge in [-0.25, -0.2) is 4.79 Å². The molecule has 1 saturated heterocycles. The predicted octanol–water partition coefficient (Wildman–Crippen LogP) is 1.78. The first-order chi connectivity index (χ1) is 9.19. The Bertz CT molecular complexity index is 305. The minimum absolute atomic E-state index is 0.322. The Balaban J connectivity index is 2.45. The van der Waals surface area contributed by atoms with Gasteiger partial charge in [-0.3, -0.25) is 4.90 Å². The molecule has 1 aliphatic heterocycles. The Hall–Kier alpha value is -0.810. The van der Waals surface area contributed by atoms with Crippen LogP contribution in [-0.2, 0) is 4.74 Å². The van der Waals surface area contributed by atoms with E-state index < -0.39 is 5.60 Å². The molecule has 1 aliphatic rings. The second kappa shape index (κ2) is 7.27. The lowest BCUT2D eigenvalue weighted by Crippen LogP contribution is -2.54. The van der Waals surface area contributed by atoms with Gasteiger partial charge in [-0.15, -0.1) is 0 Å². The van der Waals surface area contributed by atoms with Gasteiger partial charge >= 0.3 is 6.09 Å². The molecule has 118 valence electrons. The van der Waals surface area contributed by atoms with E-state index >= 15 is 0 Å². The maximum absolute atomic E-state index is 11.8. The largest absolute Gasteiger partial charge is 0.444 e. The lowest BCUT2D eigenvalue weighted by molar-refractivity contribution is 0.0465. The van der Waals surface area contributed by atoms with E-state index in [9.17, 15) is 4.79 Å². The highest BCUT2D eigenvalue weighted by Gasteiger charge is 2.26. The van der Waals surface area contributed by atoms with Gasteiger partial charge in [-0.1, -0.05) is 13.8 Å². The minimum Gasteiger partial charge on any atom is -0.444 e. The second-order valence-corrected chi connectivity index (χ2v) is 7.03. The van der Waals surface area contributed by atoms with Crippen molar-refractivity contribution in [3.05, 3.63) is 0 Å². The Morgan fingerprint density at radius 1 is 1.20 bits per heavy atom. The van der Waals surface area contributed by atoms with Gasteiger partial charge in [0.05, 0.1) is 0 Å². The third-order valence-corrected chi connectivity index (χ3v) is 3.63. The van der Waals surface area contributed by atoms with Crippen molar-refractivity contribution in [2.45, 2.75) is 46.3 Å². The van der Waals surface area contributed by atoms with Crippen LogP contribution in [0.5, 0.6) is 0 Å². The van der Waals surface area contributed by atoms with Crippen molar-refractivity contribution in [3.63, 3.8) is 0 Å². The third kappa shape index (κ3) is 6.09. The molecular formula is C15H31N3O2. The van der Waals surface area contributed by atoms with Gasteiger partial charge < -0.3 is 15.0 Å². The predicted molar refractivity (Wildman–Crippen MR) is 81.9 cm³/mol. The number of ether oxygens (including phenoxy) is 1. The van der Waals surface area contributed by atoms with Crippen molar-refractivity contribution in [1.82, 2.24) is 15.1 Å². The van der Waals surface area contributed by atoms with Gasteiger partial charge in [0.15, 0.2) is 0 Å². The molecule has 1 rings (SSSR count). The monoisotopic (exact) mass is 285 g/mol. The number of piperazine rings is 1. The number of hydrogen-bond donors (Lipinski definition) is 1. The molecule has 0 spiro atoms. The molecule has 20 heavy (non-hydrogen) atoms. The summed E-state index contributed by atoms with van der Waals surface area (Å²) in [5.74, 6) is 0.508. The number of amides is 1. The molecule has 0 radical (unpaired) electrons. The van der Waals surface area contributed by atoms with E-state index in [0.29, 0.717) is 18.5 Å². The van der Waals surface area contributed by atoms with Crippen molar-refractivity contribution in [3.8, 4) is 0 Å². The van der Waals surface area contributed by atoms with E-state index in [1.165, 1.54) is 0 Å². The Morgan fingerprint density at radius 2 is 1.75 bits per heavy atom. The zero-order valence-electron chi connectivity index (χ0n) is 13.9. The molecule has 0 aromatic heterocycles. The van der Waals surface area contributed by atoms with Crippen LogP contribution in [-0.4, -0.2) is 67.3 Å². The van der Waals surface area contributed by atoms with Crippen molar-refractivity contribution in [2.24, 2.45) is 5.92 Å². The van der Waals surface area contributed by atoms with E-state index in [0.717, 1.165) is 26.2 Å². The van der Waals surface area contributed by atoms with Crippen LogP contribution in [0.2, 0.25) is 0 Å². The first-order valence-electron chi connectivity index (χ1n) is 7.58. The van der Waals surface area contributed by atoms with Crippen LogP contribution < -0.4 is 5.32 Å². The molecule has 1 amide bonds. The van der Waals surface area contributed by atoms with Gasteiger partial charge in [-0.2, -0.15) is 0 Å². The lowest BCUT2D eigenvalue weighted by Gasteiger charge is -2.39. The molecule has 1 atom stereocenters. The summed E-state index contributed by atoms with van der Waals surface area (Å²) >= 11 is 0. The molecular weight excluding hydrogens is 254 g/mol. The topological polar surface area (TPSA) is 44.8 Å². The zero-order valence-corrected chi connectivity index (χ0v) is 13.9. The molecule has 0 bridgehead atoms. The SMILES string of the molecule is CC(C)C(CNC(=O)OC(C)(C)C)N1CCN(C)CC1. The van der Waals surface area contributed by atoms with Crippen molar-refractivity contribution in [1.29, 1.82) is 0 Å². The van der Waals surface area contributed by atoms with Crippen LogP contribution in [0.3, 0.4) is 0 Å². The highest BCUT2D eigenvalue weighted by molar-refractivity contribution is 5.67. The number of carbonyl (C=O) groups excluding carboxylic acids is 1. The van der Waals surface area contributed by atoms with E-state index in [4.69, 9.17) is 4.74 Å². The molecule has 1 heterocycles. The zero-order chi connectivity index (χ0) is 15.3. The van der Waals surface area contributed by atoms with Crippen molar-refractivity contribution >= 4 is 6.09 Å². The summed E-state index contributed by atoms with van der Waals surface area (Å²) in [6.07, 6.45) is -0.322. The van der Waals surface area contributed by atoms with Crippen LogP contribution in [0.15, 0.2) is 0 Å². The van der Waals surface area contributed by atoms with E-state index in [1.807, 2.05) is 20.8 Å². The summed E-state index contributed by atoms with van der Waals surface area (Å²) in [4.78, 5) is 16.6. The number of alkyl carbamates (subject to hydrolysis) is 1. The first kappa shape index (κ1) is 17.2. The summed E-state index contributed by atoms with van der Waals surface area (Å²) < 4.78 is 5.30. The molecule has 1 fully saturated rings. The number of rotatable bonds is 4. The van der Waals surface area contributed by atoms with Gasteiger partial charge in [0.25, 0.3) is 0 Å². The van der Waals surface area contributed by atoms with Crippen molar-refractivity contribution in [2.75, 3.05) is 39.8 Å². The standard InChI is InChI=1S/C15H31N3O2/c1-12(2)13(18-9-7-17(6)8-10-18)11-16-14(19)20-15(3,4)5/h12-13H,7-11H2,1-6H3,(H,16,19). The van der Waals surface area contributed by atoms with Crippen LogP contribution in [0.25, 0.3) is 0 Å². The molecule has 5 nitrogen and oxygen atoms in total. The first-order valence-corrected chi connectivity index (χ1v) is 7.58. The third-order valence-electron chi connectivity index (χ3n) is 3.63. The summed E-state index contributed by atoms with van der Waals surface area (Å²) in [5.41, 5.74) is -0.439. The van der Waals surface area contributed by atoms with E-state index in [2.05, 4.69) is 36.0 Å². The molecule has 5 heteroatoms. The van der Waals surface area contributed by atoms with E-state index in [1.54, 1.807) is 0 Å². The number of nitrogens with one attached hydrogen (secondary N) is 1. The Kier molecular flexibility index (Phi) is 6.27. The van der Waals surface area contributed by atoms with Crippen LogP contribution in [0, 0.1) is 5.92 Å². The summed E-state index contributed by atoms with van der Waals surface area (Å²) in [7, 11) is 2.15. The summed E-state index contributed by atoms with van der Waals surface area (Å²) in [5, 5.41) is 2.91. The van der Waals surface area contributed by atoms with Gasteiger partial charge in [0.1, 0.15) is 5.60 Å². The van der Waals surface area contributed by atoms with E-state index in [-0.39, 0.29) is 6.09 Å². The quantitative estimate of drug-likeness (QED) is 0.855. The molecule has 1 N–H and O–H groups in total. The fraction of sp³-hybridized carbons (Fsp3) is 0.933. The highest BCUT2D eigenvalue weighted by Crippen LogP contribution is 2.13. The van der Waals surface area contributed by atoms with Crippen LogP contribution in [0.1, 0.15) is 34.6 Å². The van der Waals surface area contributed by atoms with Gasteiger partial charge in [0.2, 0.25) is 0 Å². The molecule has 0 saturated carbocycles. The number of carbonyl (C=O) groups is 1. The number of nitrogens with zero attached hydrogens (tertiary/aromatic N) is 2. The number of hydrogen-bond acceptors (Lipinski definition) is 4. The number of likely N-dealkylation sites (N-methyl/N-ethyl adjacent to an activating group) is 1. The molecule has 0 aromatic rings. The summed E-state index contributed by atoms with van der Waals surface area (Å²) in [6, 6.07) is 0.371. The van der Waals surface area contributed by atoms with Crippen molar-refractivity contribution < 1.29 is 9.53 Å². The van der Waals surface area contributed by atoms with Crippen LogP contribution in [0.4, 0.5) is 4.79 Å². The maximum atomic E-state index is 11.8. The fourth-order valence-corrected chi connectivity index (χ4v) is 2.44. The molecule has 0 aliphatic carbocycles. The second-order valence-electron chi connectivity index (χ2n) is 7.03. The minimum atomic E-state index is -0.439. The highest BCUT2D eigenvalue weighted by atomic mass is 16.6. The molecule has 1 unspecified atom stereocenters. The van der Waals surface area contributed by atoms with Crippen LogP contribution >= 0.6 is 0 Å². The normalized spacial score (nSPS) is 19.9. The van der Waals surface area contributed by atoms with Gasteiger partial charge in [-0.05, 0) is 33.7 Å².